The monoisotopic (exact) mass is 363 g/mol. The third-order valence-electron chi connectivity index (χ3n) is 4.83. The molecule has 3 aromatic rings. The van der Waals surface area contributed by atoms with E-state index in [1.807, 2.05) is 36.7 Å². The maximum Gasteiger partial charge on any atom is 0.227 e. The molecule has 0 radical (unpaired) electrons. The topological polar surface area (TPSA) is 112 Å². The molecular formula is C18H21N9. The van der Waals surface area contributed by atoms with Gasteiger partial charge in [0, 0.05) is 49.7 Å². The maximum atomic E-state index is 8.94. The molecule has 0 aromatic carbocycles. The van der Waals surface area contributed by atoms with Crippen LogP contribution in [0.2, 0.25) is 0 Å². The van der Waals surface area contributed by atoms with Gasteiger partial charge in [0.1, 0.15) is 17.5 Å². The molecule has 1 saturated heterocycles. The first-order valence-corrected chi connectivity index (χ1v) is 8.86. The van der Waals surface area contributed by atoms with Crippen LogP contribution in [0, 0.1) is 25.2 Å². The van der Waals surface area contributed by atoms with E-state index in [0.717, 1.165) is 55.3 Å². The largest absolute Gasteiger partial charge is 0.382 e. The van der Waals surface area contributed by atoms with Crippen molar-refractivity contribution in [1.29, 1.82) is 5.26 Å². The Kier molecular flexibility index (Phi) is 4.33. The summed E-state index contributed by atoms with van der Waals surface area (Å²) in [4.78, 5) is 17.6. The van der Waals surface area contributed by atoms with Crippen molar-refractivity contribution in [2.24, 2.45) is 0 Å². The zero-order valence-corrected chi connectivity index (χ0v) is 15.4. The number of aryl methyl sites for hydroxylation is 2. The molecule has 1 aliphatic rings. The van der Waals surface area contributed by atoms with Crippen LogP contribution in [0.4, 0.5) is 11.8 Å². The fraction of sp³-hybridized carbons (Fsp3) is 0.389. The Morgan fingerprint density at radius 2 is 1.93 bits per heavy atom. The average Bonchev–Trinajstić information content (AvgIpc) is 3.05. The van der Waals surface area contributed by atoms with Gasteiger partial charge in [-0.25, -0.2) is 14.5 Å². The lowest BCUT2D eigenvalue weighted by atomic mass is 10.2. The van der Waals surface area contributed by atoms with Crippen molar-refractivity contribution in [2.45, 2.75) is 20.4 Å². The molecule has 0 bridgehead atoms. The third-order valence-corrected chi connectivity index (χ3v) is 4.83. The van der Waals surface area contributed by atoms with E-state index in [-0.39, 0.29) is 5.82 Å². The molecule has 9 heteroatoms. The van der Waals surface area contributed by atoms with Crippen LogP contribution in [0.15, 0.2) is 18.5 Å². The molecule has 0 saturated carbocycles. The lowest BCUT2D eigenvalue weighted by Crippen LogP contribution is -2.46. The van der Waals surface area contributed by atoms with E-state index in [2.05, 4.69) is 29.9 Å². The van der Waals surface area contributed by atoms with E-state index in [0.29, 0.717) is 11.5 Å². The summed E-state index contributed by atoms with van der Waals surface area (Å²) in [6.45, 7) is 8.22. The van der Waals surface area contributed by atoms with Gasteiger partial charge in [0.2, 0.25) is 5.95 Å². The first kappa shape index (κ1) is 17.2. The van der Waals surface area contributed by atoms with Crippen LogP contribution in [-0.4, -0.2) is 55.6 Å². The Morgan fingerprint density at radius 3 is 2.63 bits per heavy atom. The predicted molar refractivity (Wildman–Crippen MR) is 101 cm³/mol. The minimum absolute atomic E-state index is 0.230. The third kappa shape index (κ3) is 3.27. The van der Waals surface area contributed by atoms with Crippen molar-refractivity contribution >= 4 is 17.4 Å². The number of aromatic nitrogens is 5. The molecule has 4 heterocycles. The van der Waals surface area contributed by atoms with E-state index in [4.69, 9.17) is 11.0 Å². The standard InChI is InChI=1S/C18H21N9/c1-12-7-13(2)27-17(23-12)15(10-22-27)11-25-3-5-26(6-4-25)18-21-9-14(8-19)16(20)24-18/h7,9-10H,3-6,11H2,1-2H3,(H2,20,21,24). The molecule has 0 atom stereocenters. The molecular weight excluding hydrogens is 342 g/mol. The number of hydrogen-bond acceptors (Lipinski definition) is 8. The van der Waals surface area contributed by atoms with E-state index in [9.17, 15) is 0 Å². The van der Waals surface area contributed by atoms with Crippen LogP contribution < -0.4 is 10.6 Å². The van der Waals surface area contributed by atoms with Crippen molar-refractivity contribution in [1.82, 2.24) is 29.5 Å². The highest BCUT2D eigenvalue weighted by molar-refractivity contribution is 5.51. The normalized spacial score (nSPS) is 15.2. The zero-order valence-electron chi connectivity index (χ0n) is 15.4. The summed E-state index contributed by atoms with van der Waals surface area (Å²) in [5, 5.41) is 13.4. The van der Waals surface area contributed by atoms with E-state index in [1.54, 1.807) is 0 Å². The highest BCUT2D eigenvalue weighted by Gasteiger charge is 2.21. The lowest BCUT2D eigenvalue weighted by molar-refractivity contribution is 0.249. The Bertz CT molecular complexity index is 1030. The van der Waals surface area contributed by atoms with Crippen LogP contribution in [0.5, 0.6) is 0 Å². The SMILES string of the molecule is Cc1cc(C)n2ncc(CN3CCN(c4ncc(C#N)c(N)n4)CC3)c2n1. The minimum Gasteiger partial charge on any atom is -0.382 e. The van der Waals surface area contributed by atoms with Gasteiger partial charge in [-0.15, -0.1) is 0 Å². The van der Waals surface area contributed by atoms with Gasteiger partial charge in [-0.1, -0.05) is 0 Å². The van der Waals surface area contributed by atoms with Gasteiger partial charge in [0.05, 0.1) is 12.4 Å². The minimum atomic E-state index is 0.230. The second kappa shape index (κ2) is 6.81. The van der Waals surface area contributed by atoms with E-state index < -0.39 is 0 Å². The smallest absolute Gasteiger partial charge is 0.227 e. The van der Waals surface area contributed by atoms with Crippen molar-refractivity contribution in [3.63, 3.8) is 0 Å². The molecule has 0 amide bonds. The average molecular weight is 363 g/mol. The molecule has 3 aromatic heterocycles. The van der Waals surface area contributed by atoms with Crippen LogP contribution >= 0.6 is 0 Å². The molecule has 0 aliphatic carbocycles. The highest BCUT2D eigenvalue weighted by atomic mass is 15.3. The molecule has 138 valence electrons. The lowest BCUT2D eigenvalue weighted by Gasteiger charge is -2.34. The fourth-order valence-corrected chi connectivity index (χ4v) is 3.40. The summed E-state index contributed by atoms with van der Waals surface area (Å²) in [5.41, 5.74) is 10.3. The molecule has 27 heavy (non-hydrogen) atoms. The number of anilines is 2. The Morgan fingerprint density at radius 1 is 1.15 bits per heavy atom. The molecule has 0 unspecified atom stereocenters. The van der Waals surface area contributed by atoms with Crippen LogP contribution in [-0.2, 0) is 6.54 Å². The summed E-state index contributed by atoms with van der Waals surface area (Å²) in [5.74, 6) is 0.808. The molecule has 0 spiro atoms. The van der Waals surface area contributed by atoms with Gasteiger partial charge in [-0.05, 0) is 19.9 Å². The number of rotatable bonds is 3. The number of piperazine rings is 1. The number of nitrogen functional groups attached to an aromatic ring is 1. The zero-order chi connectivity index (χ0) is 19.0. The van der Waals surface area contributed by atoms with Crippen molar-refractivity contribution < 1.29 is 0 Å². The summed E-state index contributed by atoms with van der Waals surface area (Å²) in [7, 11) is 0. The van der Waals surface area contributed by atoms with Crippen molar-refractivity contribution in [3.8, 4) is 6.07 Å². The van der Waals surface area contributed by atoms with Gasteiger partial charge < -0.3 is 10.6 Å². The summed E-state index contributed by atoms with van der Waals surface area (Å²) >= 11 is 0. The quantitative estimate of drug-likeness (QED) is 0.731. The first-order chi connectivity index (χ1) is 13.0. The Labute approximate surface area is 157 Å². The molecule has 1 fully saturated rings. The van der Waals surface area contributed by atoms with Crippen molar-refractivity contribution in [3.05, 3.63) is 41.0 Å². The number of nitrogens with two attached hydrogens (primary N) is 1. The second-order valence-electron chi connectivity index (χ2n) is 6.79. The van der Waals surface area contributed by atoms with E-state index >= 15 is 0 Å². The van der Waals surface area contributed by atoms with Gasteiger partial charge >= 0.3 is 0 Å². The van der Waals surface area contributed by atoms with Gasteiger partial charge in [-0.3, -0.25) is 4.90 Å². The summed E-state index contributed by atoms with van der Waals surface area (Å²) < 4.78 is 1.89. The van der Waals surface area contributed by atoms with Gasteiger partial charge in [0.25, 0.3) is 0 Å². The highest BCUT2D eigenvalue weighted by Crippen LogP contribution is 2.18. The number of hydrogen-bond donors (Lipinski definition) is 1. The summed E-state index contributed by atoms with van der Waals surface area (Å²) in [6.07, 6.45) is 3.39. The number of fused-ring (bicyclic) bond motifs is 1. The predicted octanol–water partition coefficient (Wildman–Crippen LogP) is 0.912. The van der Waals surface area contributed by atoms with Crippen molar-refractivity contribution in [2.75, 3.05) is 36.8 Å². The van der Waals surface area contributed by atoms with Crippen LogP contribution in [0.1, 0.15) is 22.5 Å². The molecule has 1 aliphatic heterocycles. The fourth-order valence-electron chi connectivity index (χ4n) is 3.40. The summed E-state index contributed by atoms with van der Waals surface area (Å²) in [6, 6.07) is 4.02. The molecule has 4 rings (SSSR count). The first-order valence-electron chi connectivity index (χ1n) is 8.86. The number of nitrogens with zero attached hydrogens (tertiary/aromatic N) is 8. The second-order valence-corrected chi connectivity index (χ2v) is 6.79. The number of nitriles is 1. The van der Waals surface area contributed by atoms with Gasteiger partial charge in [0.15, 0.2) is 5.65 Å². The molecule has 9 nitrogen and oxygen atoms in total. The van der Waals surface area contributed by atoms with E-state index in [1.165, 1.54) is 6.20 Å². The Hall–Kier alpha value is -3.25. The maximum absolute atomic E-state index is 8.94. The van der Waals surface area contributed by atoms with Crippen LogP contribution in [0.25, 0.3) is 5.65 Å². The Balaban J connectivity index is 1.44. The van der Waals surface area contributed by atoms with Crippen LogP contribution in [0.3, 0.4) is 0 Å². The molecule has 2 N–H and O–H groups in total. The van der Waals surface area contributed by atoms with Gasteiger partial charge in [-0.2, -0.15) is 15.3 Å².